The molecule has 0 spiro atoms. The van der Waals surface area contributed by atoms with Crippen LogP contribution in [0.3, 0.4) is 0 Å². The molecule has 5 heteroatoms. The van der Waals surface area contributed by atoms with Crippen molar-refractivity contribution in [3.63, 3.8) is 0 Å². The predicted octanol–water partition coefficient (Wildman–Crippen LogP) is 2.60. The molecule has 1 fully saturated rings. The molecule has 0 radical (unpaired) electrons. The summed E-state index contributed by atoms with van der Waals surface area (Å²) >= 11 is 0. The first kappa shape index (κ1) is 18.6. The molecule has 1 amide bonds. The van der Waals surface area contributed by atoms with Crippen LogP contribution in [0.25, 0.3) is 0 Å². The summed E-state index contributed by atoms with van der Waals surface area (Å²) in [6.45, 7) is 5.43. The van der Waals surface area contributed by atoms with Crippen molar-refractivity contribution in [2.45, 2.75) is 45.6 Å². The van der Waals surface area contributed by atoms with Crippen LogP contribution >= 0.6 is 0 Å². The number of hydrogen-bond acceptors (Lipinski definition) is 3. The number of nitrogens with two attached hydrogens (primary N) is 1. The van der Waals surface area contributed by atoms with E-state index in [1.54, 1.807) is 0 Å². The second kappa shape index (κ2) is 8.49. The van der Waals surface area contributed by atoms with Gasteiger partial charge in [0, 0.05) is 31.8 Å². The fourth-order valence-electron chi connectivity index (χ4n) is 3.84. The second-order valence-corrected chi connectivity index (χ2v) is 7.62. The van der Waals surface area contributed by atoms with Crippen LogP contribution in [0.4, 0.5) is 0 Å². The van der Waals surface area contributed by atoms with Gasteiger partial charge in [-0.15, -0.1) is 0 Å². The number of amides is 1. The fourth-order valence-corrected chi connectivity index (χ4v) is 3.84. The molecule has 0 unspecified atom stereocenters. The maximum Gasteiger partial charge on any atom is 0.217 e. The number of aryl methyl sites for hydroxylation is 3. The van der Waals surface area contributed by atoms with E-state index in [4.69, 9.17) is 5.73 Å². The van der Waals surface area contributed by atoms with Crippen LogP contribution in [-0.4, -0.2) is 33.7 Å². The zero-order chi connectivity index (χ0) is 18.5. The number of benzene rings is 1. The van der Waals surface area contributed by atoms with Crippen LogP contribution < -0.4 is 5.73 Å². The molecule has 1 aliphatic heterocycles. The van der Waals surface area contributed by atoms with Gasteiger partial charge >= 0.3 is 0 Å². The molecular formula is C21H30N4O. The average molecular weight is 354 g/mol. The molecule has 0 saturated carbocycles. The standard InChI is InChI=1S/C21H30N4O/c1-16-20(14-24(2)23-16)15-25-11-9-19(10-12-25)13-18-5-3-17(4-6-18)7-8-21(22)26/h3-6,14,19H,7-13,15H2,1-2H3,(H2,22,26). The van der Waals surface area contributed by atoms with E-state index in [2.05, 4.69) is 47.4 Å². The number of primary amides is 1. The third kappa shape index (κ3) is 5.18. The molecule has 1 aromatic heterocycles. The Balaban J connectivity index is 1.45. The molecule has 2 N–H and O–H groups in total. The van der Waals surface area contributed by atoms with Gasteiger partial charge in [0.15, 0.2) is 0 Å². The van der Waals surface area contributed by atoms with Crippen molar-refractivity contribution in [3.8, 4) is 0 Å². The Morgan fingerprint density at radius 1 is 1.19 bits per heavy atom. The Morgan fingerprint density at radius 2 is 1.85 bits per heavy atom. The first-order chi connectivity index (χ1) is 12.5. The van der Waals surface area contributed by atoms with Gasteiger partial charge in [0.2, 0.25) is 5.91 Å². The summed E-state index contributed by atoms with van der Waals surface area (Å²) in [5.41, 5.74) is 10.3. The largest absolute Gasteiger partial charge is 0.370 e. The van der Waals surface area contributed by atoms with Crippen molar-refractivity contribution < 1.29 is 4.79 Å². The molecule has 0 atom stereocenters. The lowest BCUT2D eigenvalue weighted by atomic mass is 9.89. The zero-order valence-electron chi connectivity index (χ0n) is 15.9. The Labute approximate surface area is 156 Å². The molecule has 5 nitrogen and oxygen atoms in total. The van der Waals surface area contributed by atoms with Crippen LogP contribution in [0.15, 0.2) is 30.5 Å². The molecule has 3 rings (SSSR count). The summed E-state index contributed by atoms with van der Waals surface area (Å²) in [4.78, 5) is 13.4. The topological polar surface area (TPSA) is 64.2 Å². The van der Waals surface area contributed by atoms with Gasteiger partial charge < -0.3 is 5.73 Å². The zero-order valence-corrected chi connectivity index (χ0v) is 15.9. The number of piperidine rings is 1. The van der Waals surface area contributed by atoms with Crippen molar-refractivity contribution in [2.24, 2.45) is 18.7 Å². The van der Waals surface area contributed by atoms with Gasteiger partial charge in [-0.3, -0.25) is 14.4 Å². The minimum Gasteiger partial charge on any atom is -0.370 e. The van der Waals surface area contributed by atoms with E-state index < -0.39 is 0 Å². The SMILES string of the molecule is Cc1nn(C)cc1CN1CCC(Cc2ccc(CCC(N)=O)cc2)CC1. The van der Waals surface area contributed by atoms with Crippen molar-refractivity contribution in [1.82, 2.24) is 14.7 Å². The van der Waals surface area contributed by atoms with E-state index in [0.717, 1.165) is 44.1 Å². The van der Waals surface area contributed by atoms with Crippen molar-refractivity contribution in [1.29, 1.82) is 0 Å². The molecule has 2 heterocycles. The number of carbonyl (C=O) groups is 1. The number of hydrogen-bond donors (Lipinski definition) is 1. The van der Waals surface area contributed by atoms with E-state index in [1.165, 1.54) is 29.5 Å². The molecule has 1 aromatic carbocycles. The van der Waals surface area contributed by atoms with E-state index in [-0.39, 0.29) is 5.91 Å². The lowest BCUT2D eigenvalue weighted by Gasteiger charge is -2.32. The summed E-state index contributed by atoms with van der Waals surface area (Å²) in [7, 11) is 1.99. The highest BCUT2D eigenvalue weighted by Crippen LogP contribution is 2.23. The Bertz CT molecular complexity index is 727. The van der Waals surface area contributed by atoms with Crippen LogP contribution in [0, 0.1) is 12.8 Å². The molecule has 2 aromatic rings. The highest BCUT2D eigenvalue weighted by atomic mass is 16.1. The maximum atomic E-state index is 10.9. The summed E-state index contributed by atoms with van der Waals surface area (Å²) in [6, 6.07) is 8.70. The molecule has 26 heavy (non-hydrogen) atoms. The monoisotopic (exact) mass is 354 g/mol. The number of aromatic nitrogens is 2. The molecular weight excluding hydrogens is 324 g/mol. The normalized spacial score (nSPS) is 16.1. The number of carbonyl (C=O) groups excluding carboxylic acids is 1. The second-order valence-electron chi connectivity index (χ2n) is 7.62. The molecule has 0 bridgehead atoms. The quantitative estimate of drug-likeness (QED) is 0.831. The highest BCUT2D eigenvalue weighted by molar-refractivity contribution is 5.73. The van der Waals surface area contributed by atoms with Gasteiger partial charge in [-0.25, -0.2) is 0 Å². The van der Waals surface area contributed by atoms with Crippen molar-refractivity contribution in [3.05, 3.63) is 52.8 Å². The predicted molar refractivity (Wildman–Crippen MR) is 104 cm³/mol. The molecule has 1 saturated heterocycles. The number of nitrogens with zero attached hydrogens (tertiary/aromatic N) is 3. The first-order valence-electron chi connectivity index (χ1n) is 9.57. The third-order valence-corrected chi connectivity index (χ3v) is 5.42. The number of likely N-dealkylation sites (tertiary alicyclic amines) is 1. The summed E-state index contributed by atoms with van der Waals surface area (Å²) in [5, 5.41) is 4.44. The molecule has 140 valence electrons. The van der Waals surface area contributed by atoms with Gasteiger partial charge in [-0.1, -0.05) is 24.3 Å². The third-order valence-electron chi connectivity index (χ3n) is 5.42. The van der Waals surface area contributed by atoms with E-state index in [9.17, 15) is 4.79 Å². The lowest BCUT2D eigenvalue weighted by Crippen LogP contribution is -2.33. The van der Waals surface area contributed by atoms with Gasteiger partial charge in [0.25, 0.3) is 0 Å². The van der Waals surface area contributed by atoms with Gasteiger partial charge in [-0.05, 0) is 62.7 Å². The highest BCUT2D eigenvalue weighted by Gasteiger charge is 2.20. The summed E-state index contributed by atoms with van der Waals surface area (Å²) in [6.07, 6.45) is 6.96. The maximum absolute atomic E-state index is 10.9. The fraction of sp³-hybridized carbons (Fsp3) is 0.524. The Morgan fingerprint density at radius 3 is 2.42 bits per heavy atom. The molecule has 1 aliphatic rings. The van der Waals surface area contributed by atoms with Crippen molar-refractivity contribution in [2.75, 3.05) is 13.1 Å². The minimum absolute atomic E-state index is 0.234. The Kier molecular flexibility index (Phi) is 6.09. The van der Waals surface area contributed by atoms with Crippen LogP contribution in [0.5, 0.6) is 0 Å². The van der Waals surface area contributed by atoms with Crippen LogP contribution in [0.1, 0.15) is 41.6 Å². The Hall–Kier alpha value is -2.14. The van der Waals surface area contributed by atoms with E-state index in [1.807, 2.05) is 11.7 Å². The van der Waals surface area contributed by atoms with E-state index >= 15 is 0 Å². The van der Waals surface area contributed by atoms with Crippen molar-refractivity contribution >= 4 is 5.91 Å². The van der Waals surface area contributed by atoms with Crippen LogP contribution in [0.2, 0.25) is 0 Å². The van der Waals surface area contributed by atoms with Gasteiger partial charge in [0.05, 0.1) is 5.69 Å². The smallest absolute Gasteiger partial charge is 0.217 e. The average Bonchev–Trinajstić information content (AvgIpc) is 2.93. The minimum atomic E-state index is -0.234. The van der Waals surface area contributed by atoms with Crippen LogP contribution in [-0.2, 0) is 31.2 Å². The lowest BCUT2D eigenvalue weighted by molar-refractivity contribution is -0.117. The summed E-state index contributed by atoms with van der Waals surface area (Å²) < 4.78 is 1.91. The number of rotatable bonds is 7. The summed E-state index contributed by atoms with van der Waals surface area (Å²) in [5.74, 6) is 0.528. The first-order valence-corrected chi connectivity index (χ1v) is 9.57. The van der Waals surface area contributed by atoms with E-state index in [0.29, 0.717) is 6.42 Å². The molecule has 0 aliphatic carbocycles. The van der Waals surface area contributed by atoms with Gasteiger partial charge in [-0.2, -0.15) is 5.10 Å². The van der Waals surface area contributed by atoms with Gasteiger partial charge in [0.1, 0.15) is 0 Å².